The third-order valence-corrected chi connectivity index (χ3v) is 6.32. The van der Waals surface area contributed by atoms with Crippen LogP contribution in [0.3, 0.4) is 0 Å². The highest BCUT2D eigenvalue weighted by Gasteiger charge is 2.37. The van der Waals surface area contributed by atoms with Gasteiger partial charge in [0.2, 0.25) is 0 Å². The number of aliphatic hydroxyl groups excluding tert-OH is 3. The standard InChI is InChI=1S/C25H32O6/c1-16-2-5-19(23-12-22(27)25(28)24(13-26)31-23)11-20(16)10-17-3-6-21(7-4-17)30-15-18-8-9-29-14-18/h2-7,11,18,22-28H,8-10,12-15H2,1H3/t18?,22?,23?,24?,25-/m0/s1. The molecule has 2 heterocycles. The molecule has 0 radical (unpaired) electrons. The lowest BCUT2D eigenvalue weighted by atomic mass is 9.91. The zero-order valence-electron chi connectivity index (χ0n) is 17.9. The van der Waals surface area contributed by atoms with Crippen molar-refractivity contribution in [3.05, 3.63) is 64.7 Å². The van der Waals surface area contributed by atoms with Crippen LogP contribution in [0, 0.1) is 12.8 Å². The highest BCUT2D eigenvalue weighted by Crippen LogP contribution is 2.33. The smallest absolute Gasteiger partial charge is 0.119 e. The van der Waals surface area contributed by atoms with Gasteiger partial charge < -0.3 is 29.5 Å². The third-order valence-electron chi connectivity index (χ3n) is 6.32. The van der Waals surface area contributed by atoms with Gasteiger partial charge in [0.15, 0.2) is 0 Å². The molecule has 0 spiro atoms. The fourth-order valence-electron chi connectivity index (χ4n) is 4.25. The van der Waals surface area contributed by atoms with Gasteiger partial charge in [0.1, 0.15) is 18.0 Å². The molecule has 0 aliphatic carbocycles. The minimum Gasteiger partial charge on any atom is -0.493 e. The van der Waals surface area contributed by atoms with Crippen LogP contribution in [0.2, 0.25) is 0 Å². The molecule has 0 amide bonds. The van der Waals surface area contributed by atoms with E-state index in [1.54, 1.807) is 0 Å². The molecule has 2 fully saturated rings. The molecule has 3 N–H and O–H groups in total. The summed E-state index contributed by atoms with van der Waals surface area (Å²) in [5, 5.41) is 29.6. The normalized spacial score (nSPS) is 28.6. The van der Waals surface area contributed by atoms with Crippen LogP contribution in [0.4, 0.5) is 0 Å². The number of hydrogen-bond donors (Lipinski definition) is 3. The maximum atomic E-state index is 10.1. The van der Waals surface area contributed by atoms with Crippen LogP contribution in [0.5, 0.6) is 5.75 Å². The second kappa shape index (κ2) is 10.1. The van der Waals surface area contributed by atoms with E-state index in [1.165, 1.54) is 16.7 Å². The number of hydrogen-bond acceptors (Lipinski definition) is 6. The summed E-state index contributed by atoms with van der Waals surface area (Å²) in [6.07, 6.45) is -0.965. The second-order valence-electron chi connectivity index (χ2n) is 8.69. The van der Waals surface area contributed by atoms with Crippen molar-refractivity contribution in [1.82, 2.24) is 0 Å². The predicted molar refractivity (Wildman–Crippen MR) is 116 cm³/mol. The van der Waals surface area contributed by atoms with E-state index < -0.39 is 18.3 Å². The minimum atomic E-state index is -1.06. The average molecular weight is 429 g/mol. The molecule has 31 heavy (non-hydrogen) atoms. The number of benzene rings is 2. The number of rotatable bonds is 7. The Morgan fingerprint density at radius 2 is 1.90 bits per heavy atom. The first kappa shape index (κ1) is 22.2. The molecule has 2 saturated heterocycles. The van der Waals surface area contributed by atoms with Crippen molar-refractivity contribution in [3.8, 4) is 5.75 Å². The Hall–Kier alpha value is -1.96. The van der Waals surface area contributed by atoms with Crippen molar-refractivity contribution in [2.45, 2.75) is 50.6 Å². The van der Waals surface area contributed by atoms with Crippen molar-refractivity contribution >= 4 is 0 Å². The second-order valence-corrected chi connectivity index (χ2v) is 8.69. The van der Waals surface area contributed by atoms with Crippen molar-refractivity contribution < 1.29 is 29.5 Å². The zero-order chi connectivity index (χ0) is 21.8. The summed E-state index contributed by atoms with van der Waals surface area (Å²) in [7, 11) is 0. The van der Waals surface area contributed by atoms with E-state index in [-0.39, 0.29) is 12.7 Å². The van der Waals surface area contributed by atoms with Crippen LogP contribution in [-0.2, 0) is 15.9 Å². The van der Waals surface area contributed by atoms with E-state index in [1.807, 2.05) is 18.2 Å². The monoisotopic (exact) mass is 428 g/mol. The lowest BCUT2D eigenvalue weighted by Crippen LogP contribution is -2.47. The molecule has 4 rings (SSSR count). The molecule has 0 bridgehead atoms. The maximum Gasteiger partial charge on any atom is 0.119 e. The Bertz CT molecular complexity index is 846. The molecule has 0 saturated carbocycles. The van der Waals surface area contributed by atoms with Gasteiger partial charge in [-0.25, -0.2) is 0 Å². The van der Waals surface area contributed by atoms with Gasteiger partial charge in [-0.05, 0) is 54.2 Å². The first-order valence-electron chi connectivity index (χ1n) is 11.0. The number of aliphatic hydroxyl groups is 3. The Kier molecular flexibility index (Phi) is 7.25. The molecule has 2 aromatic rings. The van der Waals surface area contributed by atoms with E-state index >= 15 is 0 Å². The Morgan fingerprint density at radius 3 is 2.61 bits per heavy atom. The molecule has 2 aliphatic heterocycles. The summed E-state index contributed by atoms with van der Waals surface area (Å²) in [6.45, 7) is 4.06. The largest absolute Gasteiger partial charge is 0.493 e. The fraction of sp³-hybridized carbons (Fsp3) is 0.520. The molecule has 4 unspecified atom stereocenters. The molecule has 6 nitrogen and oxygen atoms in total. The minimum absolute atomic E-state index is 0.304. The van der Waals surface area contributed by atoms with Gasteiger partial charge in [0.05, 0.1) is 32.0 Å². The van der Waals surface area contributed by atoms with Gasteiger partial charge >= 0.3 is 0 Å². The number of aryl methyl sites for hydroxylation is 1. The quantitative estimate of drug-likeness (QED) is 0.628. The molecule has 5 atom stereocenters. The topological polar surface area (TPSA) is 88.4 Å². The van der Waals surface area contributed by atoms with Crippen LogP contribution < -0.4 is 4.74 Å². The van der Waals surface area contributed by atoms with Crippen LogP contribution in [0.1, 0.15) is 41.2 Å². The Labute approximate surface area is 183 Å². The van der Waals surface area contributed by atoms with Crippen LogP contribution >= 0.6 is 0 Å². The van der Waals surface area contributed by atoms with E-state index in [4.69, 9.17) is 14.2 Å². The zero-order valence-corrected chi connectivity index (χ0v) is 17.9. The van der Waals surface area contributed by atoms with Crippen LogP contribution in [0.25, 0.3) is 0 Å². The molecule has 2 aliphatic rings. The molecular formula is C25H32O6. The molecular weight excluding hydrogens is 396 g/mol. The summed E-state index contributed by atoms with van der Waals surface area (Å²) in [5.41, 5.74) is 4.49. The summed E-state index contributed by atoms with van der Waals surface area (Å²) >= 11 is 0. The van der Waals surface area contributed by atoms with Gasteiger partial charge in [0, 0.05) is 18.9 Å². The first-order valence-corrected chi connectivity index (χ1v) is 11.0. The van der Waals surface area contributed by atoms with E-state index in [0.717, 1.165) is 37.4 Å². The summed E-state index contributed by atoms with van der Waals surface area (Å²) < 4.78 is 17.1. The predicted octanol–water partition coefficient (Wildman–Crippen LogP) is 2.55. The highest BCUT2D eigenvalue weighted by atomic mass is 16.5. The SMILES string of the molecule is Cc1ccc(C2CC(O)[C@H](O)C(CO)O2)cc1Cc1ccc(OCC2CCOC2)cc1. The molecule has 168 valence electrons. The third kappa shape index (κ3) is 5.45. The highest BCUT2D eigenvalue weighted by molar-refractivity contribution is 5.38. The van der Waals surface area contributed by atoms with E-state index in [9.17, 15) is 15.3 Å². The first-order chi connectivity index (χ1) is 15.0. The fourth-order valence-corrected chi connectivity index (χ4v) is 4.25. The summed E-state index contributed by atoms with van der Waals surface area (Å²) in [5.74, 6) is 1.36. The van der Waals surface area contributed by atoms with Gasteiger partial charge in [-0.15, -0.1) is 0 Å². The number of ether oxygens (including phenoxy) is 3. The van der Waals surface area contributed by atoms with E-state index in [0.29, 0.717) is 18.9 Å². The summed E-state index contributed by atoms with van der Waals surface area (Å²) in [4.78, 5) is 0. The lowest BCUT2D eigenvalue weighted by molar-refractivity contribution is -0.181. The van der Waals surface area contributed by atoms with Gasteiger partial charge in [-0.1, -0.05) is 30.3 Å². The van der Waals surface area contributed by atoms with Gasteiger partial charge in [0.25, 0.3) is 0 Å². The maximum absolute atomic E-state index is 10.1. The molecule has 2 aromatic carbocycles. The van der Waals surface area contributed by atoms with E-state index in [2.05, 4.69) is 31.2 Å². The summed E-state index contributed by atoms with van der Waals surface area (Å²) in [6, 6.07) is 14.4. The lowest BCUT2D eigenvalue weighted by Gasteiger charge is -2.36. The Balaban J connectivity index is 1.41. The molecule has 6 heteroatoms. The van der Waals surface area contributed by atoms with Crippen molar-refractivity contribution in [1.29, 1.82) is 0 Å². The van der Waals surface area contributed by atoms with Gasteiger partial charge in [-0.3, -0.25) is 0 Å². The van der Waals surface area contributed by atoms with Crippen molar-refractivity contribution in [3.63, 3.8) is 0 Å². The van der Waals surface area contributed by atoms with Crippen molar-refractivity contribution in [2.75, 3.05) is 26.4 Å². The Morgan fingerprint density at radius 1 is 1.10 bits per heavy atom. The average Bonchev–Trinajstić information content (AvgIpc) is 3.30. The van der Waals surface area contributed by atoms with Crippen LogP contribution in [0.15, 0.2) is 42.5 Å². The van der Waals surface area contributed by atoms with Crippen molar-refractivity contribution in [2.24, 2.45) is 5.92 Å². The van der Waals surface area contributed by atoms with Gasteiger partial charge in [-0.2, -0.15) is 0 Å². The molecule has 0 aromatic heterocycles. The van der Waals surface area contributed by atoms with Crippen LogP contribution in [-0.4, -0.2) is 60.1 Å².